The highest BCUT2D eigenvalue weighted by atomic mass is 16.5. The highest BCUT2D eigenvalue weighted by Gasteiger charge is 2.55. The van der Waals surface area contributed by atoms with Gasteiger partial charge >= 0.3 is 0 Å². The van der Waals surface area contributed by atoms with E-state index in [1.165, 1.54) is 21.8 Å². The van der Waals surface area contributed by atoms with Crippen molar-refractivity contribution in [3.8, 4) is 0 Å². The van der Waals surface area contributed by atoms with Crippen molar-refractivity contribution in [2.24, 2.45) is 0 Å². The second-order valence-corrected chi connectivity index (χ2v) is 7.55. The smallest absolute Gasteiger partial charge is 0.143 e. The fourth-order valence-electron chi connectivity index (χ4n) is 5.28. The zero-order chi connectivity index (χ0) is 18.7. The molecule has 2 heteroatoms. The van der Waals surface area contributed by atoms with E-state index in [0.717, 1.165) is 22.4 Å². The van der Waals surface area contributed by atoms with Crippen molar-refractivity contribution in [3.63, 3.8) is 0 Å². The van der Waals surface area contributed by atoms with Gasteiger partial charge in [0.1, 0.15) is 5.54 Å². The Hall–Kier alpha value is -3.36. The first-order valence-electron chi connectivity index (χ1n) is 9.66. The van der Waals surface area contributed by atoms with Gasteiger partial charge in [-0.05, 0) is 45.5 Å². The molecular weight excluding hydrogens is 342 g/mol. The molecular formula is C26H19NO. The molecule has 4 aromatic carbocycles. The number of anilines is 1. The number of hydrogen-bond donors (Lipinski definition) is 1. The van der Waals surface area contributed by atoms with Crippen LogP contribution < -0.4 is 5.06 Å². The fourth-order valence-corrected chi connectivity index (χ4v) is 5.28. The Balaban J connectivity index is 1.79. The zero-order valence-corrected chi connectivity index (χ0v) is 15.3. The van der Waals surface area contributed by atoms with Gasteiger partial charge in [-0.3, -0.25) is 5.21 Å². The lowest BCUT2D eigenvalue weighted by Crippen LogP contribution is -2.53. The molecule has 2 bridgehead atoms. The Labute approximate surface area is 164 Å². The summed E-state index contributed by atoms with van der Waals surface area (Å²) in [7, 11) is 0. The largest absolute Gasteiger partial charge is 0.287 e. The van der Waals surface area contributed by atoms with E-state index in [0.29, 0.717) is 0 Å². The van der Waals surface area contributed by atoms with E-state index in [2.05, 4.69) is 72.8 Å². The van der Waals surface area contributed by atoms with E-state index < -0.39 is 5.54 Å². The first kappa shape index (κ1) is 15.7. The van der Waals surface area contributed by atoms with Gasteiger partial charge in [-0.2, -0.15) is 0 Å². The van der Waals surface area contributed by atoms with Gasteiger partial charge < -0.3 is 0 Å². The molecule has 0 aliphatic heterocycles. The SMILES string of the molecule is ON(c1ccccc1)C12c3ccccc3C(c3ccccc31)c1ccccc12. The Morgan fingerprint density at radius 3 is 1.39 bits per heavy atom. The highest BCUT2D eigenvalue weighted by Crippen LogP contribution is 2.60. The maximum absolute atomic E-state index is 11.8. The quantitative estimate of drug-likeness (QED) is 0.464. The van der Waals surface area contributed by atoms with Gasteiger partial charge in [0, 0.05) is 5.92 Å². The minimum atomic E-state index is -0.764. The normalized spacial score (nSPS) is 20.8. The van der Waals surface area contributed by atoms with Crippen molar-refractivity contribution in [2.75, 3.05) is 5.06 Å². The molecule has 0 spiro atoms. The monoisotopic (exact) mass is 361 g/mol. The van der Waals surface area contributed by atoms with Gasteiger partial charge in [-0.1, -0.05) is 91.0 Å². The van der Waals surface area contributed by atoms with Crippen molar-refractivity contribution < 1.29 is 5.21 Å². The molecule has 0 fully saturated rings. The van der Waals surface area contributed by atoms with Gasteiger partial charge in [0.05, 0.1) is 5.69 Å². The summed E-state index contributed by atoms with van der Waals surface area (Å²) in [6, 6.07) is 35.5. The average molecular weight is 361 g/mol. The summed E-state index contributed by atoms with van der Waals surface area (Å²) in [5.41, 5.74) is 7.30. The predicted octanol–water partition coefficient (Wildman–Crippen LogP) is 5.68. The molecule has 0 saturated heterocycles. The van der Waals surface area contributed by atoms with Crippen LogP contribution in [0.3, 0.4) is 0 Å². The lowest BCUT2D eigenvalue weighted by Gasteiger charge is -2.53. The fraction of sp³-hybridized carbons (Fsp3) is 0.0769. The standard InChI is InChI=1S/C26H19NO/c28-27(18-10-2-1-3-11-18)26-22-15-7-4-12-19(22)25(20-13-5-8-16-23(20)26)21-14-6-9-17-24(21)26/h1-17,25,28H. The molecule has 0 saturated carbocycles. The molecule has 0 heterocycles. The molecule has 0 unspecified atom stereocenters. The van der Waals surface area contributed by atoms with Crippen LogP contribution in [0.1, 0.15) is 39.3 Å². The summed E-state index contributed by atoms with van der Waals surface area (Å²) in [6.07, 6.45) is 0. The van der Waals surface area contributed by atoms with Crippen LogP contribution in [-0.4, -0.2) is 5.21 Å². The Kier molecular flexibility index (Phi) is 3.12. The third-order valence-electron chi connectivity index (χ3n) is 6.30. The minimum absolute atomic E-state index is 0.203. The number of rotatable bonds is 2. The average Bonchev–Trinajstić information content (AvgIpc) is 2.79. The molecule has 3 aliphatic carbocycles. The first-order valence-corrected chi connectivity index (χ1v) is 9.66. The van der Waals surface area contributed by atoms with Crippen LogP contribution in [0.5, 0.6) is 0 Å². The molecule has 0 aromatic heterocycles. The maximum atomic E-state index is 11.8. The van der Waals surface area contributed by atoms with E-state index in [1.807, 2.05) is 30.3 Å². The minimum Gasteiger partial charge on any atom is -0.287 e. The topological polar surface area (TPSA) is 23.5 Å². The molecule has 2 nitrogen and oxygen atoms in total. The maximum Gasteiger partial charge on any atom is 0.143 e. The van der Waals surface area contributed by atoms with Crippen LogP contribution in [0.4, 0.5) is 5.69 Å². The van der Waals surface area contributed by atoms with Crippen molar-refractivity contribution in [1.29, 1.82) is 0 Å². The molecule has 1 N–H and O–H groups in total. The van der Waals surface area contributed by atoms with Gasteiger partial charge in [0.15, 0.2) is 0 Å². The van der Waals surface area contributed by atoms with E-state index in [-0.39, 0.29) is 5.92 Å². The first-order chi connectivity index (χ1) is 13.8. The van der Waals surface area contributed by atoms with Gasteiger partial charge in [0.2, 0.25) is 0 Å². The molecule has 0 amide bonds. The number of nitrogens with zero attached hydrogens (tertiary/aromatic N) is 1. The summed E-state index contributed by atoms with van der Waals surface area (Å²) in [6.45, 7) is 0. The Morgan fingerprint density at radius 1 is 0.536 bits per heavy atom. The summed E-state index contributed by atoms with van der Waals surface area (Å²) in [4.78, 5) is 0. The third-order valence-corrected chi connectivity index (χ3v) is 6.30. The summed E-state index contributed by atoms with van der Waals surface area (Å²) in [5, 5.41) is 13.3. The number of hydroxylamine groups is 1. The molecule has 134 valence electrons. The summed E-state index contributed by atoms with van der Waals surface area (Å²) in [5.74, 6) is 0.203. The van der Waals surface area contributed by atoms with E-state index in [4.69, 9.17) is 0 Å². The van der Waals surface area contributed by atoms with Gasteiger partial charge in [-0.15, -0.1) is 0 Å². The second-order valence-electron chi connectivity index (χ2n) is 7.55. The zero-order valence-electron chi connectivity index (χ0n) is 15.3. The molecule has 28 heavy (non-hydrogen) atoms. The summed E-state index contributed by atoms with van der Waals surface area (Å²) < 4.78 is 0. The molecule has 7 rings (SSSR count). The van der Waals surface area contributed by atoms with Crippen molar-refractivity contribution in [2.45, 2.75) is 11.5 Å². The highest BCUT2D eigenvalue weighted by molar-refractivity contribution is 5.75. The van der Waals surface area contributed by atoms with Crippen LogP contribution >= 0.6 is 0 Å². The Bertz CT molecular complexity index is 1080. The van der Waals surface area contributed by atoms with E-state index in [9.17, 15) is 5.21 Å². The van der Waals surface area contributed by atoms with Gasteiger partial charge in [-0.25, -0.2) is 5.06 Å². The van der Waals surface area contributed by atoms with Gasteiger partial charge in [0.25, 0.3) is 0 Å². The van der Waals surface area contributed by atoms with Crippen LogP contribution in [0.15, 0.2) is 103 Å². The predicted molar refractivity (Wildman–Crippen MR) is 111 cm³/mol. The van der Waals surface area contributed by atoms with Crippen LogP contribution in [0, 0.1) is 0 Å². The van der Waals surface area contributed by atoms with Crippen molar-refractivity contribution in [1.82, 2.24) is 0 Å². The molecule has 4 aromatic rings. The van der Waals surface area contributed by atoms with E-state index in [1.54, 1.807) is 0 Å². The lowest BCUT2D eigenvalue weighted by molar-refractivity contribution is 0.187. The number of benzene rings is 4. The Morgan fingerprint density at radius 2 is 0.929 bits per heavy atom. The van der Waals surface area contributed by atoms with Crippen molar-refractivity contribution in [3.05, 3.63) is 137 Å². The van der Waals surface area contributed by atoms with Crippen LogP contribution in [0.25, 0.3) is 0 Å². The number of para-hydroxylation sites is 1. The molecule has 3 aliphatic rings. The second kappa shape index (κ2) is 5.57. The van der Waals surface area contributed by atoms with Crippen LogP contribution in [0.2, 0.25) is 0 Å². The number of hydrogen-bond acceptors (Lipinski definition) is 2. The molecule has 0 atom stereocenters. The third kappa shape index (κ3) is 1.76. The van der Waals surface area contributed by atoms with Crippen molar-refractivity contribution >= 4 is 5.69 Å². The molecule has 0 radical (unpaired) electrons. The van der Waals surface area contributed by atoms with Crippen LogP contribution in [-0.2, 0) is 5.54 Å². The lowest BCUT2D eigenvalue weighted by atomic mass is 9.56. The summed E-state index contributed by atoms with van der Waals surface area (Å²) >= 11 is 0. The van der Waals surface area contributed by atoms with E-state index >= 15 is 0 Å².